The number of nitrogens with zero attached hydrogens (tertiary/aromatic N) is 1. The average Bonchev–Trinajstić information content (AvgIpc) is 2.95. The van der Waals surface area contributed by atoms with E-state index >= 15 is 0 Å². The molecule has 1 aliphatic heterocycles. The van der Waals surface area contributed by atoms with Crippen LogP contribution in [0.2, 0.25) is 0 Å². The largest absolute Gasteiger partial charge is 0.493 e. The average molecular weight is 288 g/mol. The summed E-state index contributed by atoms with van der Waals surface area (Å²) in [5, 5.41) is 3.16. The quantitative estimate of drug-likeness (QED) is 0.817. The van der Waals surface area contributed by atoms with Gasteiger partial charge in [0.25, 0.3) is 0 Å². The monoisotopic (exact) mass is 288 g/mol. The van der Waals surface area contributed by atoms with Crippen LogP contribution in [-0.2, 0) is 4.79 Å². The topological polar surface area (TPSA) is 41.6 Å². The number of amides is 1. The molecule has 1 aromatic rings. The summed E-state index contributed by atoms with van der Waals surface area (Å²) >= 11 is 0. The molecule has 1 aromatic carbocycles. The van der Waals surface area contributed by atoms with Gasteiger partial charge < -0.3 is 15.0 Å². The number of likely N-dealkylation sites (tertiary alicyclic amines) is 1. The lowest BCUT2D eigenvalue weighted by molar-refractivity contribution is -0.126. The highest BCUT2D eigenvalue weighted by atomic mass is 16.5. The smallest absolute Gasteiger partial charge is 0.246 e. The van der Waals surface area contributed by atoms with Gasteiger partial charge in [0.1, 0.15) is 5.75 Å². The van der Waals surface area contributed by atoms with Crippen LogP contribution in [0.1, 0.15) is 25.3 Å². The SMILES string of the molecule is CCOc1ccccc1C=CC(=O)N1CCCC1CNC. The van der Waals surface area contributed by atoms with Crippen LogP contribution in [0, 0.1) is 0 Å². The maximum atomic E-state index is 12.3. The van der Waals surface area contributed by atoms with Gasteiger partial charge in [-0.2, -0.15) is 0 Å². The van der Waals surface area contributed by atoms with Gasteiger partial charge in [-0.05, 0) is 39.0 Å². The first kappa shape index (κ1) is 15.6. The molecular formula is C17H24N2O2. The van der Waals surface area contributed by atoms with Crippen molar-refractivity contribution in [3.8, 4) is 5.75 Å². The van der Waals surface area contributed by atoms with Crippen molar-refractivity contribution < 1.29 is 9.53 Å². The molecule has 0 aliphatic carbocycles. The molecule has 1 atom stereocenters. The Morgan fingerprint density at radius 2 is 2.29 bits per heavy atom. The molecule has 0 spiro atoms. The molecule has 0 saturated carbocycles. The van der Waals surface area contributed by atoms with E-state index in [-0.39, 0.29) is 5.91 Å². The van der Waals surface area contributed by atoms with Gasteiger partial charge in [0, 0.05) is 30.8 Å². The molecule has 0 aromatic heterocycles. The number of ether oxygens (including phenoxy) is 1. The third kappa shape index (κ3) is 4.08. The van der Waals surface area contributed by atoms with Crippen LogP contribution in [0.4, 0.5) is 0 Å². The van der Waals surface area contributed by atoms with Crippen molar-refractivity contribution >= 4 is 12.0 Å². The van der Waals surface area contributed by atoms with Crippen LogP contribution in [0.25, 0.3) is 6.08 Å². The van der Waals surface area contributed by atoms with E-state index in [0.29, 0.717) is 12.6 Å². The van der Waals surface area contributed by atoms with Gasteiger partial charge in [0.2, 0.25) is 5.91 Å². The predicted molar refractivity (Wildman–Crippen MR) is 85.3 cm³/mol. The van der Waals surface area contributed by atoms with Gasteiger partial charge in [-0.15, -0.1) is 0 Å². The highest BCUT2D eigenvalue weighted by Crippen LogP contribution is 2.21. The van der Waals surface area contributed by atoms with Crippen LogP contribution < -0.4 is 10.1 Å². The maximum Gasteiger partial charge on any atom is 0.246 e. The Kier molecular flexibility index (Phi) is 5.81. The van der Waals surface area contributed by atoms with E-state index in [1.807, 2.05) is 49.2 Å². The summed E-state index contributed by atoms with van der Waals surface area (Å²) in [7, 11) is 1.93. The van der Waals surface area contributed by atoms with E-state index in [1.54, 1.807) is 6.08 Å². The molecule has 1 fully saturated rings. The lowest BCUT2D eigenvalue weighted by Crippen LogP contribution is -2.39. The molecule has 21 heavy (non-hydrogen) atoms. The summed E-state index contributed by atoms with van der Waals surface area (Å²) in [5.74, 6) is 0.899. The lowest BCUT2D eigenvalue weighted by Gasteiger charge is -2.23. The fourth-order valence-electron chi connectivity index (χ4n) is 2.74. The van der Waals surface area contributed by atoms with E-state index in [9.17, 15) is 4.79 Å². The van der Waals surface area contributed by atoms with Crippen LogP contribution in [0.5, 0.6) is 5.75 Å². The van der Waals surface area contributed by atoms with E-state index in [2.05, 4.69) is 5.32 Å². The third-order valence-electron chi connectivity index (χ3n) is 3.72. The number of carbonyl (C=O) groups is 1. The maximum absolute atomic E-state index is 12.3. The van der Waals surface area contributed by atoms with Crippen molar-refractivity contribution in [2.45, 2.75) is 25.8 Å². The van der Waals surface area contributed by atoms with Crippen molar-refractivity contribution in [3.05, 3.63) is 35.9 Å². The Morgan fingerprint density at radius 1 is 1.48 bits per heavy atom. The normalized spacial score (nSPS) is 18.4. The Labute approximate surface area is 126 Å². The fraction of sp³-hybridized carbons (Fsp3) is 0.471. The van der Waals surface area contributed by atoms with Crippen molar-refractivity contribution in [1.29, 1.82) is 0 Å². The second kappa shape index (κ2) is 7.84. The van der Waals surface area contributed by atoms with Gasteiger partial charge in [0.05, 0.1) is 6.61 Å². The molecule has 1 aliphatic rings. The number of hydrogen-bond acceptors (Lipinski definition) is 3. The first-order chi connectivity index (χ1) is 10.3. The summed E-state index contributed by atoms with van der Waals surface area (Å²) < 4.78 is 5.57. The third-order valence-corrected chi connectivity index (χ3v) is 3.72. The summed E-state index contributed by atoms with van der Waals surface area (Å²) in [6.45, 7) is 4.28. The zero-order chi connectivity index (χ0) is 15.1. The zero-order valence-electron chi connectivity index (χ0n) is 12.8. The summed E-state index contributed by atoms with van der Waals surface area (Å²) in [4.78, 5) is 14.3. The summed E-state index contributed by atoms with van der Waals surface area (Å²) in [5.41, 5.74) is 0.942. The first-order valence-corrected chi connectivity index (χ1v) is 7.61. The zero-order valence-corrected chi connectivity index (χ0v) is 12.8. The molecular weight excluding hydrogens is 264 g/mol. The van der Waals surface area contributed by atoms with Gasteiger partial charge in [-0.1, -0.05) is 18.2 Å². The Morgan fingerprint density at radius 3 is 3.05 bits per heavy atom. The predicted octanol–water partition coefficient (Wildman–Crippen LogP) is 2.31. The molecule has 4 nitrogen and oxygen atoms in total. The van der Waals surface area contributed by atoms with E-state index in [1.165, 1.54) is 0 Å². The molecule has 0 radical (unpaired) electrons. The summed E-state index contributed by atoms with van der Waals surface area (Å²) in [6, 6.07) is 8.09. The van der Waals surface area contributed by atoms with Gasteiger partial charge in [-0.3, -0.25) is 4.79 Å². The summed E-state index contributed by atoms with van der Waals surface area (Å²) in [6.07, 6.45) is 5.67. The molecule has 114 valence electrons. The van der Waals surface area contributed by atoms with Crippen LogP contribution in [0.15, 0.2) is 30.3 Å². The van der Waals surface area contributed by atoms with E-state index in [4.69, 9.17) is 4.74 Å². The minimum Gasteiger partial charge on any atom is -0.493 e. The highest BCUT2D eigenvalue weighted by Gasteiger charge is 2.26. The van der Waals surface area contributed by atoms with Crippen LogP contribution in [-0.4, -0.2) is 43.6 Å². The first-order valence-electron chi connectivity index (χ1n) is 7.61. The molecule has 1 heterocycles. The molecule has 4 heteroatoms. The number of likely N-dealkylation sites (N-methyl/N-ethyl adjacent to an activating group) is 1. The fourth-order valence-corrected chi connectivity index (χ4v) is 2.74. The van der Waals surface area contributed by atoms with E-state index < -0.39 is 0 Å². The number of nitrogens with one attached hydrogen (secondary N) is 1. The number of rotatable bonds is 6. The van der Waals surface area contributed by atoms with Crippen molar-refractivity contribution in [2.75, 3.05) is 26.7 Å². The molecule has 0 bridgehead atoms. The molecule has 1 N–H and O–H groups in total. The van der Waals surface area contributed by atoms with Gasteiger partial charge in [-0.25, -0.2) is 0 Å². The standard InChI is InChI=1S/C17H24N2O2/c1-3-21-16-9-5-4-7-14(16)10-11-17(20)19-12-6-8-15(19)13-18-2/h4-5,7,9-11,15,18H,3,6,8,12-13H2,1-2H3. The minimum absolute atomic E-state index is 0.0825. The lowest BCUT2D eigenvalue weighted by atomic mass is 10.1. The van der Waals surface area contributed by atoms with Gasteiger partial charge >= 0.3 is 0 Å². The molecule has 1 amide bonds. The molecule has 2 rings (SSSR count). The number of hydrogen-bond donors (Lipinski definition) is 1. The molecule has 1 saturated heterocycles. The molecule has 1 unspecified atom stereocenters. The Hall–Kier alpha value is -1.81. The van der Waals surface area contributed by atoms with Crippen molar-refractivity contribution in [1.82, 2.24) is 10.2 Å². The van der Waals surface area contributed by atoms with Crippen molar-refractivity contribution in [2.24, 2.45) is 0 Å². The number of carbonyl (C=O) groups excluding carboxylic acids is 1. The highest BCUT2D eigenvalue weighted by molar-refractivity contribution is 5.92. The second-order valence-corrected chi connectivity index (χ2v) is 5.19. The van der Waals surface area contributed by atoms with Gasteiger partial charge in [0.15, 0.2) is 0 Å². The number of benzene rings is 1. The van der Waals surface area contributed by atoms with Crippen molar-refractivity contribution in [3.63, 3.8) is 0 Å². The van der Waals surface area contributed by atoms with E-state index in [0.717, 1.165) is 37.2 Å². The minimum atomic E-state index is 0.0825. The Bertz CT molecular complexity index is 499. The Balaban J connectivity index is 2.05. The number of para-hydroxylation sites is 1. The second-order valence-electron chi connectivity index (χ2n) is 5.19. The van der Waals surface area contributed by atoms with Crippen LogP contribution in [0.3, 0.4) is 0 Å². The van der Waals surface area contributed by atoms with Crippen LogP contribution >= 0.6 is 0 Å².